The molecule has 0 N–H and O–H groups in total. The Balaban J connectivity index is 0.818. The third kappa shape index (κ3) is 7.39. The summed E-state index contributed by atoms with van der Waals surface area (Å²) in [7, 11) is 0. The Bertz CT molecular complexity index is 4240. The van der Waals surface area contributed by atoms with Crippen LogP contribution in [0.1, 0.15) is 52.7 Å². The molecule has 2 aliphatic rings. The Kier molecular flexibility index (Phi) is 9.78. The van der Waals surface area contributed by atoms with Gasteiger partial charge in [0.2, 0.25) is 0 Å². The van der Waals surface area contributed by atoms with Gasteiger partial charge in [0.15, 0.2) is 0 Å². The van der Waals surface area contributed by atoms with Gasteiger partial charge in [-0.3, -0.25) is 0 Å². The average Bonchev–Trinajstić information content (AvgIpc) is 4.05. The number of rotatable bonds is 6. The molecule has 13 aromatic rings. The van der Waals surface area contributed by atoms with Crippen molar-refractivity contribution in [3.63, 3.8) is 0 Å². The molecule has 0 fully saturated rings. The number of hydrogen-bond acceptors (Lipinski definition) is 6. The second kappa shape index (κ2) is 16.7. The lowest BCUT2D eigenvalue weighted by molar-refractivity contribution is 0.465. The fraction of sp³-hybridized carbons (Fsp3) is 0.114. The van der Waals surface area contributed by atoms with Gasteiger partial charge in [0, 0.05) is 61.1 Å². The zero-order valence-corrected chi connectivity index (χ0v) is 43.8. The molecule has 370 valence electrons. The first-order valence-corrected chi connectivity index (χ1v) is 26.6. The van der Waals surface area contributed by atoms with Crippen molar-refractivity contribution in [1.29, 1.82) is 0 Å². The summed E-state index contributed by atoms with van der Waals surface area (Å²) in [6.45, 7) is 13.3. The average molecular weight is 997 g/mol. The van der Waals surface area contributed by atoms with E-state index in [0.717, 1.165) is 139 Å². The van der Waals surface area contributed by atoms with E-state index in [-0.39, 0.29) is 17.5 Å². The van der Waals surface area contributed by atoms with E-state index in [1.165, 1.54) is 11.1 Å². The SMILES string of the molecule is CC(C)(C)c1ccc(N(c2ccccc2)c2ccc3cc4c(cc3c2)oc2cc3c(cc24)Oc2cccc4c2B3c2cc3oc5cc6cc(N(c7ccccc7)c7ccc(C(C)(C)C)cc7)ccc6cc5c3cc2O4)cc1. The first-order chi connectivity index (χ1) is 37.4. The highest BCUT2D eigenvalue weighted by Gasteiger charge is 2.41. The molecule has 7 heteroatoms. The first kappa shape index (κ1) is 45.2. The van der Waals surface area contributed by atoms with Crippen molar-refractivity contribution in [3.8, 4) is 23.0 Å². The molecule has 0 atom stereocenters. The highest BCUT2D eigenvalue weighted by Crippen LogP contribution is 2.44. The second-order valence-corrected chi connectivity index (χ2v) is 23.0. The summed E-state index contributed by atoms with van der Waals surface area (Å²) >= 11 is 0. The van der Waals surface area contributed by atoms with Crippen molar-refractivity contribution in [2.24, 2.45) is 0 Å². The lowest BCUT2D eigenvalue weighted by Crippen LogP contribution is -2.57. The Morgan fingerprint density at radius 3 is 1.10 bits per heavy atom. The van der Waals surface area contributed by atoms with E-state index >= 15 is 0 Å². The van der Waals surface area contributed by atoms with Crippen LogP contribution < -0.4 is 35.7 Å². The number of furan rings is 2. The van der Waals surface area contributed by atoms with Crippen LogP contribution in [0.5, 0.6) is 23.0 Å². The summed E-state index contributed by atoms with van der Waals surface area (Å²) in [5.74, 6) is 3.17. The lowest BCUT2D eigenvalue weighted by Gasteiger charge is -2.32. The molecule has 0 radical (unpaired) electrons. The summed E-state index contributed by atoms with van der Waals surface area (Å²) in [5.41, 5.74) is 15.6. The quantitative estimate of drug-likeness (QED) is 0.155. The van der Waals surface area contributed by atoms with Gasteiger partial charge >= 0.3 is 0 Å². The monoisotopic (exact) mass is 996 g/mol. The minimum absolute atomic E-state index is 0.0599. The van der Waals surface area contributed by atoms with Crippen LogP contribution in [0, 0.1) is 0 Å². The Morgan fingerprint density at radius 2 is 0.688 bits per heavy atom. The van der Waals surface area contributed by atoms with Crippen LogP contribution in [-0.4, -0.2) is 6.71 Å². The first-order valence-electron chi connectivity index (χ1n) is 26.6. The molecule has 0 spiro atoms. The van der Waals surface area contributed by atoms with Crippen LogP contribution in [0.25, 0.3) is 65.4 Å². The zero-order chi connectivity index (χ0) is 51.9. The molecule has 2 aromatic heterocycles. The maximum absolute atomic E-state index is 6.87. The van der Waals surface area contributed by atoms with Crippen molar-refractivity contribution in [1.82, 2.24) is 0 Å². The largest absolute Gasteiger partial charge is 0.458 e. The lowest BCUT2D eigenvalue weighted by atomic mass is 9.35. The topological polar surface area (TPSA) is 51.2 Å². The number of para-hydroxylation sites is 2. The van der Waals surface area contributed by atoms with E-state index in [2.05, 4.69) is 245 Å². The predicted octanol–water partition coefficient (Wildman–Crippen LogP) is 18.1. The van der Waals surface area contributed by atoms with Gasteiger partial charge in [0.1, 0.15) is 45.3 Å². The van der Waals surface area contributed by atoms with Crippen LogP contribution in [0.15, 0.2) is 221 Å². The third-order valence-electron chi connectivity index (χ3n) is 16.0. The Hall–Kier alpha value is -9.20. The molecular formula is C70H53BN2O4. The van der Waals surface area contributed by atoms with E-state index in [1.54, 1.807) is 0 Å². The summed E-state index contributed by atoms with van der Waals surface area (Å²) in [6.07, 6.45) is 0. The summed E-state index contributed by atoms with van der Waals surface area (Å²) in [6, 6.07) is 76.1. The van der Waals surface area contributed by atoms with E-state index in [0.29, 0.717) is 0 Å². The number of ether oxygens (including phenoxy) is 2. The number of benzene rings is 11. The Labute approximate surface area is 447 Å². The molecule has 0 saturated carbocycles. The van der Waals surface area contributed by atoms with E-state index in [9.17, 15) is 0 Å². The minimum atomic E-state index is -0.185. The maximum atomic E-state index is 6.87. The van der Waals surface area contributed by atoms with Gasteiger partial charge in [-0.1, -0.05) is 120 Å². The van der Waals surface area contributed by atoms with Crippen molar-refractivity contribution in [3.05, 3.63) is 223 Å². The normalized spacial score (nSPS) is 13.0. The van der Waals surface area contributed by atoms with Gasteiger partial charge in [-0.2, -0.15) is 0 Å². The number of fused-ring (bicyclic) bond motifs is 12. The van der Waals surface area contributed by atoms with Crippen LogP contribution in [-0.2, 0) is 10.8 Å². The molecule has 0 saturated heterocycles. The molecular weight excluding hydrogens is 944 g/mol. The van der Waals surface area contributed by atoms with Crippen LogP contribution in [0.3, 0.4) is 0 Å². The molecule has 15 rings (SSSR count). The second-order valence-electron chi connectivity index (χ2n) is 23.0. The van der Waals surface area contributed by atoms with E-state index < -0.39 is 0 Å². The zero-order valence-electron chi connectivity index (χ0n) is 43.8. The van der Waals surface area contributed by atoms with Crippen molar-refractivity contribution < 1.29 is 18.3 Å². The van der Waals surface area contributed by atoms with Gasteiger partial charge in [0.25, 0.3) is 6.71 Å². The number of nitrogens with zero attached hydrogens (tertiary/aromatic N) is 2. The van der Waals surface area contributed by atoms with Crippen LogP contribution >= 0.6 is 0 Å². The Morgan fingerprint density at radius 1 is 0.312 bits per heavy atom. The molecule has 4 heterocycles. The van der Waals surface area contributed by atoms with Gasteiger partial charge in [0.05, 0.1) is 0 Å². The number of hydrogen-bond donors (Lipinski definition) is 0. The van der Waals surface area contributed by atoms with Crippen molar-refractivity contribution in [2.75, 3.05) is 9.80 Å². The van der Waals surface area contributed by atoms with Gasteiger partial charge in [-0.15, -0.1) is 0 Å². The fourth-order valence-corrected chi connectivity index (χ4v) is 12.0. The van der Waals surface area contributed by atoms with Crippen molar-refractivity contribution in [2.45, 2.75) is 52.4 Å². The molecule has 2 aliphatic heterocycles. The van der Waals surface area contributed by atoms with Gasteiger partial charge < -0.3 is 28.1 Å². The maximum Gasteiger partial charge on any atom is 0.261 e. The summed E-state index contributed by atoms with van der Waals surface area (Å²) < 4.78 is 27.4. The number of anilines is 6. The summed E-state index contributed by atoms with van der Waals surface area (Å²) in [4.78, 5) is 4.64. The molecule has 6 nitrogen and oxygen atoms in total. The fourth-order valence-electron chi connectivity index (χ4n) is 12.0. The van der Waals surface area contributed by atoms with Gasteiger partial charge in [-0.05, 0) is 188 Å². The molecule has 77 heavy (non-hydrogen) atoms. The van der Waals surface area contributed by atoms with Crippen LogP contribution in [0.4, 0.5) is 34.1 Å². The highest BCUT2D eigenvalue weighted by atomic mass is 16.5. The molecule has 11 aromatic carbocycles. The standard InChI is InChI=1S/C70H53BN2O4/c1-69(2,3)46-22-28-50(29-23-46)72(48-14-9-7-10-15-48)52-26-20-42-34-54-56-38-66-58(40-64(56)76-62(54)36-44(42)32-52)71-59-41-65-57(39-67(59)75-61-19-13-18-60(74-66)68(61)71)55-35-43-21-27-53(33-45(43)37-63(55)77-65)73(49-16-11-8-12-17-49)51-30-24-47(25-31-51)70(4,5)6/h7-41H,1-6H3. The molecule has 0 unspecified atom stereocenters. The smallest absolute Gasteiger partial charge is 0.261 e. The molecule has 0 amide bonds. The molecule has 0 aliphatic carbocycles. The predicted molar refractivity (Wildman–Crippen MR) is 320 cm³/mol. The highest BCUT2D eigenvalue weighted by molar-refractivity contribution is 6.98. The third-order valence-corrected chi connectivity index (χ3v) is 16.0. The van der Waals surface area contributed by atoms with Gasteiger partial charge in [-0.25, -0.2) is 0 Å². The summed E-state index contributed by atoms with van der Waals surface area (Å²) in [5, 5.41) is 8.56. The van der Waals surface area contributed by atoms with E-state index in [4.69, 9.17) is 18.3 Å². The minimum Gasteiger partial charge on any atom is -0.458 e. The van der Waals surface area contributed by atoms with Crippen molar-refractivity contribution >= 4 is 123 Å². The van der Waals surface area contributed by atoms with Crippen LogP contribution in [0.2, 0.25) is 0 Å². The van der Waals surface area contributed by atoms with E-state index in [1.807, 2.05) is 18.2 Å². The molecule has 0 bridgehead atoms.